The van der Waals surface area contributed by atoms with Gasteiger partial charge < -0.3 is 5.32 Å². The molecule has 0 aliphatic rings. The minimum atomic E-state index is 0.361. The minimum Gasteiger partial charge on any atom is -0.367 e. The topological polar surface area (TPSA) is 24.9 Å². The van der Waals surface area contributed by atoms with E-state index in [1.165, 1.54) is 5.56 Å². The summed E-state index contributed by atoms with van der Waals surface area (Å²) in [6, 6.07) is 12.9. The summed E-state index contributed by atoms with van der Waals surface area (Å²) in [5, 5.41) is 3.45. The molecule has 1 atom stereocenters. The lowest BCUT2D eigenvalue weighted by Crippen LogP contribution is -2.19. The first kappa shape index (κ1) is 13.1. The average molecular weight is 305 g/mol. The molecule has 0 aliphatic heterocycles. The predicted molar refractivity (Wildman–Crippen MR) is 79.9 cm³/mol. The molecule has 1 unspecified atom stereocenters. The Balaban J connectivity index is 2.01. The number of nitrogens with one attached hydrogen (secondary N) is 1. The van der Waals surface area contributed by atoms with E-state index in [4.69, 9.17) is 0 Å². The van der Waals surface area contributed by atoms with Crippen molar-refractivity contribution in [2.45, 2.75) is 26.3 Å². The zero-order valence-electron chi connectivity index (χ0n) is 10.7. The highest BCUT2D eigenvalue weighted by Gasteiger charge is 2.06. The lowest BCUT2D eigenvalue weighted by atomic mass is 10.1. The second-order valence-corrected chi connectivity index (χ2v) is 5.47. The number of anilines is 1. The summed E-state index contributed by atoms with van der Waals surface area (Å²) < 4.78 is 1.02. The maximum Gasteiger partial charge on any atom is 0.129 e. The van der Waals surface area contributed by atoms with Gasteiger partial charge in [-0.3, -0.25) is 0 Å². The van der Waals surface area contributed by atoms with Crippen LogP contribution in [0.2, 0.25) is 0 Å². The maximum atomic E-state index is 4.40. The van der Waals surface area contributed by atoms with Gasteiger partial charge in [0.25, 0.3) is 0 Å². The van der Waals surface area contributed by atoms with E-state index in [0.717, 1.165) is 22.3 Å². The van der Waals surface area contributed by atoms with Crippen molar-refractivity contribution in [3.05, 3.63) is 58.2 Å². The van der Waals surface area contributed by atoms with Crippen LogP contribution in [0.15, 0.2) is 47.1 Å². The lowest BCUT2D eigenvalue weighted by molar-refractivity contribution is 0.783. The molecule has 0 saturated carbocycles. The summed E-state index contributed by atoms with van der Waals surface area (Å²) >= 11 is 3.43. The van der Waals surface area contributed by atoms with Crippen LogP contribution in [0.1, 0.15) is 18.1 Å². The first-order valence-electron chi connectivity index (χ1n) is 6.08. The van der Waals surface area contributed by atoms with Crippen molar-refractivity contribution >= 4 is 21.7 Å². The monoisotopic (exact) mass is 304 g/mol. The maximum absolute atomic E-state index is 4.40. The van der Waals surface area contributed by atoms with E-state index in [2.05, 4.69) is 70.4 Å². The van der Waals surface area contributed by atoms with Gasteiger partial charge in [-0.05, 0) is 53.4 Å². The molecule has 0 aliphatic carbocycles. The van der Waals surface area contributed by atoms with Gasteiger partial charge in [-0.1, -0.05) is 30.3 Å². The van der Waals surface area contributed by atoms with E-state index in [9.17, 15) is 0 Å². The molecule has 2 aromatic rings. The van der Waals surface area contributed by atoms with Crippen molar-refractivity contribution in [3.63, 3.8) is 0 Å². The molecule has 1 aromatic carbocycles. The van der Waals surface area contributed by atoms with Crippen molar-refractivity contribution < 1.29 is 0 Å². The van der Waals surface area contributed by atoms with E-state index >= 15 is 0 Å². The van der Waals surface area contributed by atoms with E-state index < -0.39 is 0 Å². The fraction of sp³-hybridized carbons (Fsp3) is 0.267. The van der Waals surface area contributed by atoms with Gasteiger partial charge >= 0.3 is 0 Å². The number of aryl methyl sites for hydroxylation is 1. The molecule has 0 amide bonds. The number of benzene rings is 1. The zero-order valence-corrected chi connectivity index (χ0v) is 12.2. The van der Waals surface area contributed by atoms with Crippen molar-refractivity contribution in [2.75, 3.05) is 5.32 Å². The number of nitrogens with zero attached hydrogens (tertiary/aromatic N) is 1. The van der Waals surface area contributed by atoms with Gasteiger partial charge in [-0.2, -0.15) is 0 Å². The fourth-order valence-electron chi connectivity index (χ4n) is 1.94. The molecule has 0 bridgehead atoms. The third-order valence-electron chi connectivity index (χ3n) is 2.81. The molecule has 2 rings (SSSR count). The summed E-state index contributed by atoms with van der Waals surface area (Å²) in [4.78, 5) is 4.40. The molecule has 0 saturated heterocycles. The van der Waals surface area contributed by atoms with Gasteiger partial charge in [0.15, 0.2) is 0 Å². The highest BCUT2D eigenvalue weighted by atomic mass is 79.9. The Bertz CT molecular complexity index is 511. The van der Waals surface area contributed by atoms with Crippen LogP contribution >= 0.6 is 15.9 Å². The second-order valence-electron chi connectivity index (χ2n) is 4.55. The zero-order chi connectivity index (χ0) is 13.0. The van der Waals surface area contributed by atoms with Gasteiger partial charge in [0.1, 0.15) is 5.82 Å². The summed E-state index contributed by atoms with van der Waals surface area (Å²) in [5.41, 5.74) is 2.50. The van der Waals surface area contributed by atoms with Crippen LogP contribution in [0.3, 0.4) is 0 Å². The summed E-state index contributed by atoms with van der Waals surface area (Å²) in [6.45, 7) is 4.24. The van der Waals surface area contributed by atoms with Crippen LogP contribution in [0.4, 0.5) is 5.82 Å². The molecule has 0 spiro atoms. The molecule has 1 heterocycles. The third-order valence-corrected chi connectivity index (χ3v) is 3.25. The molecule has 18 heavy (non-hydrogen) atoms. The Labute approximate surface area is 117 Å². The van der Waals surface area contributed by atoms with E-state index in [-0.39, 0.29) is 0 Å². The molecule has 2 nitrogen and oxygen atoms in total. The molecule has 1 aromatic heterocycles. The van der Waals surface area contributed by atoms with Crippen molar-refractivity contribution in [3.8, 4) is 0 Å². The molecule has 0 radical (unpaired) electrons. The summed E-state index contributed by atoms with van der Waals surface area (Å²) in [5.74, 6) is 0.960. The van der Waals surface area contributed by atoms with Crippen LogP contribution in [0.25, 0.3) is 0 Å². The highest BCUT2D eigenvalue weighted by Crippen LogP contribution is 2.18. The Morgan fingerprint density at radius 3 is 2.67 bits per heavy atom. The Morgan fingerprint density at radius 1 is 1.28 bits per heavy atom. The molecule has 1 N–H and O–H groups in total. The van der Waals surface area contributed by atoms with Crippen molar-refractivity contribution in [1.82, 2.24) is 4.98 Å². The Morgan fingerprint density at radius 2 is 2.00 bits per heavy atom. The van der Waals surface area contributed by atoms with Gasteiger partial charge in [0.2, 0.25) is 0 Å². The molecule has 94 valence electrons. The smallest absolute Gasteiger partial charge is 0.129 e. The first-order valence-corrected chi connectivity index (χ1v) is 6.87. The number of halogens is 1. The Kier molecular flexibility index (Phi) is 4.37. The number of hydrogen-bond acceptors (Lipinski definition) is 2. The highest BCUT2D eigenvalue weighted by molar-refractivity contribution is 9.10. The van der Waals surface area contributed by atoms with Gasteiger partial charge in [-0.25, -0.2) is 4.98 Å². The number of pyridine rings is 1. The van der Waals surface area contributed by atoms with Crippen LogP contribution in [0, 0.1) is 6.92 Å². The van der Waals surface area contributed by atoms with Gasteiger partial charge in [0.05, 0.1) is 0 Å². The second kappa shape index (κ2) is 6.01. The molecular weight excluding hydrogens is 288 g/mol. The fourth-order valence-corrected chi connectivity index (χ4v) is 2.39. The van der Waals surface area contributed by atoms with E-state index in [1.807, 2.05) is 12.3 Å². The molecule has 0 fully saturated rings. The minimum absolute atomic E-state index is 0.361. The van der Waals surface area contributed by atoms with E-state index in [1.54, 1.807) is 0 Å². The van der Waals surface area contributed by atoms with Crippen LogP contribution in [0.5, 0.6) is 0 Å². The lowest BCUT2D eigenvalue weighted by Gasteiger charge is -2.16. The average Bonchev–Trinajstić information content (AvgIpc) is 2.34. The van der Waals surface area contributed by atoms with Crippen molar-refractivity contribution in [1.29, 1.82) is 0 Å². The van der Waals surface area contributed by atoms with Crippen molar-refractivity contribution in [2.24, 2.45) is 0 Å². The summed E-state index contributed by atoms with van der Waals surface area (Å²) in [7, 11) is 0. The normalized spacial score (nSPS) is 12.2. The van der Waals surface area contributed by atoms with Crippen LogP contribution < -0.4 is 5.32 Å². The SMILES string of the molecule is Cc1cc(Br)cnc1NC(C)Cc1ccccc1. The van der Waals surface area contributed by atoms with Gasteiger partial charge in [-0.15, -0.1) is 0 Å². The standard InChI is InChI=1S/C15H17BrN2/c1-11-8-14(16)10-17-15(11)18-12(2)9-13-6-4-3-5-7-13/h3-8,10,12H,9H2,1-2H3,(H,17,18). The number of rotatable bonds is 4. The quantitative estimate of drug-likeness (QED) is 0.916. The van der Waals surface area contributed by atoms with Crippen LogP contribution in [-0.2, 0) is 6.42 Å². The predicted octanol–water partition coefficient (Wildman–Crippen LogP) is 4.20. The van der Waals surface area contributed by atoms with Crippen LogP contribution in [-0.4, -0.2) is 11.0 Å². The summed E-state index contributed by atoms with van der Waals surface area (Å²) in [6.07, 6.45) is 2.82. The Hall–Kier alpha value is -1.35. The van der Waals surface area contributed by atoms with Gasteiger partial charge in [0, 0.05) is 16.7 Å². The number of aromatic nitrogens is 1. The first-order chi connectivity index (χ1) is 8.65. The molecular formula is C15H17BrN2. The largest absolute Gasteiger partial charge is 0.367 e. The third kappa shape index (κ3) is 3.57. The number of hydrogen-bond donors (Lipinski definition) is 1. The molecule has 3 heteroatoms. The van der Waals surface area contributed by atoms with E-state index in [0.29, 0.717) is 6.04 Å².